The maximum atomic E-state index is 10.5. The van der Waals surface area contributed by atoms with E-state index >= 15 is 0 Å². The molecule has 0 radical (unpaired) electrons. The largest absolute Gasteiger partial charge is 0.389 e. The highest BCUT2D eigenvalue weighted by atomic mass is 16.5. The van der Waals surface area contributed by atoms with E-state index in [0.717, 1.165) is 17.5 Å². The van der Waals surface area contributed by atoms with Crippen molar-refractivity contribution in [3.05, 3.63) is 71.8 Å². The summed E-state index contributed by atoms with van der Waals surface area (Å²) in [7, 11) is 0. The van der Waals surface area contributed by atoms with E-state index in [0.29, 0.717) is 25.7 Å². The molecule has 4 heteroatoms. The number of hydrogen-bond donors (Lipinski definition) is 2. The van der Waals surface area contributed by atoms with Crippen LogP contribution < -0.4 is 5.73 Å². The summed E-state index contributed by atoms with van der Waals surface area (Å²) in [5, 5.41) is 10.5. The van der Waals surface area contributed by atoms with Crippen LogP contribution in [0, 0.1) is 11.3 Å². The molecule has 2 aliphatic carbocycles. The van der Waals surface area contributed by atoms with E-state index in [-0.39, 0.29) is 17.6 Å². The number of aliphatic hydroxyl groups excluding tert-OH is 1. The van der Waals surface area contributed by atoms with Gasteiger partial charge in [0.15, 0.2) is 0 Å². The summed E-state index contributed by atoms with van der Waals surface area (Å²) in [5.74, 6) is 0.291. The van der Waals surface area contributed by atoms with Gasteiger partial charge >= 0.3 is 0 Å². The number of aliphatic hydroxyl groups is 1. The Hall–Kier alpha value is -1.72. The van der Waals surface area contributed by atoms with Crippen LogP contribution >= 0.6 is 0 Å². The van der Waals surface area contributed by atoms with E-state index in [2.05, 4.69) is 12.1 Å². The van der Waals surface area contributed by atoms with Crippen LogP contribution in [0.1, 0.15) is 17.5 Å². The molecular weight excluding hydrogens is 314 g/mol. The Labute approximate surface area is 148 Å². The van der Waals surface area contributed by atoms with Crippen molar-refractivity contribution in [3.8, 4) is 0 Å². The maximum absolute atomic E-state index is 10.5. The van der Waals surface area contributed by atoms with Crippen LogP contribution in [-0.4, -0.2) is 30.0 Å². The van der Waals surface area contributed by atoms with Gasteiger partial charge in [0.25, 0.3) is 0 Å². The van der Waals surface area contributed by atoms with Crippen molar-refractivity contribution in [2.75, 3.05) is 6.61 Å². The first-order valence-corrected chi connectivity index (χ1v) is 8.91. The average Bonchev–Trinajstić information content (AvgIpc) is 3.33. The van der Waals surface area contributed by atoms with E-state index in [9.17, 15) is 5.11 Å². The minimum absolute atomic E-state index is 0.137. The van der Waals surface area contributed by atoms with Crippen LogP contribution in [0.5, 0.6) is 0 Å². The van der Waals surface area contributed by atoms with Gasteiger partial charge in [0.1, 0.15) is 0 Å². The fraction of sp³-hybridized carbons (Fsp3) is 0.429. The lowest BCUT2D eigenvalue weighted by molar-refractivity contribution is -0.0888. The number of hydrogen-bond acceptors (Lipinski definition) is 4. The van der Waals surface area contributed by atoms with Crippen molar-refractivity contribution >= 4 is 0 Å². The van der Waals surface area contributed by atoms with Crippen molar-refractivity contribution < 1.29 is 14.6 Å². The standard InChI is InChI=1S/C21H25NO3/c22-18-17-11-21(17,14-24-12-15-7-3-1-4-8-15)20(19(18)23)25-13-16-9-5-2-6-10-16/h1-10,17-20,23H,11-14,22H2/t17-,18-,19+,20+,21+/m1/s1. The van der Waals surface area contributed by atoms with Crippen LogP contribution in [0.15, 0.2) is 60.7 Å². The molecule has 0 unspecified atom stereocenters. The zero-order valence-corrected chi connectivity index (χ0v) is 14.3. The lowest BCUT2D eigenvalue weighted by Gasteiger charge is -2.27. The normalized spacial score (nSPS) is 33.2. The highest BCUT2D eigenvalue weighted by molar-refractivity contribution is 5.22. The summed E-state index contributed by atoms with van der Waals surface area (Å²) in [5.41, 5.74) is 8.33. The Kier molecular flexibility index (Phi) is 4.61. The summed E-state index contributed by atoms with van der Waals surface area (Å²) >= 11 is 0. The van der Waals surface area contributed by atoms with Gasteiger partial charge < -0.3 is 20.3 Å². The molecule has 0 aliphatic heterocycles. The molecular formula is C21H25NO3. The van der Waals surface area contributed by atoms with Gasteiger partial charge in [-0.15, -0.1) is 0 Å². The lowest BCUT2D eigenvalue weighted by atomic mass is 10.00. The Bertz CT molecular complexity index is 693. The molecule has 2 fully saturated rings. The van der Waals surface area contributed by atoms with Gasteiger partial charge in [0.2, 0.25) is 0 Å². The number of fused-ring (bicyclic) bond motifs is 1. The highest BCUT2D eigenvalue weighted by Gasteiger charge is 2.70. The zero-order chi connectivity index (χ0) is 17.3. The van der Waals surface area contributed by atoms with E-state index < -0.39 is 6.10 Å². The van der Waals surface area contributed by atoms with Gasteiger partial charge in [-0.25, -0.2) is 0 Å². The molecule has 0 aromatic heterocycles. The van der Waals surface area contributed by atoms with Crippen molar-refractivity contribution in [1.82, 2.24) is 0 Å². The lowest BCUT2D eigenvalue weighted by Crippen LogP contribution is -2.42. The van der Waals surface area contributed by atoms with Crippen LogP contribution in [0.2, 0.25) is 0 Å². The molecule has 0 heterocycles. The number of nitrogens with two attached hydrogens (primary N) is 1. The smallest absolute Gasteiger partial charge is 0.0961 e. The Balaban J connectivity index is 1.38. The predicted molar refractivity (Wildman–Crippen MR) is 95.6 cm³/mol. The second-order valence-corrected chi connectivity index (χ2v) is 7.31. The first kappa shape index (κ1) is 16.7. The van der Waals surface area contributed by atoms with Gasteiger partial charge in [-0.3, -0.25) is 0 Å². The molecule has 0 bridgehead atoms. The summed E-state index contributed by atoms with van der Waals surface area (Å²) < 4.78 is 12.1. The summed E-state index contributed by atoms with van der Waals surface area (Å²) in [6, 6.07) is 20.0. The Morgan fingerprint density at radius 1 is 0.960 bits per heavy atom. The van der Waals surface area contributed by atoms with Gasteiger partial charge in [0.05, 0.1) is 32.0 Å². The third-order valence-corrected chi connectivity index (χ3v) is 5.67. The molecule has 0 saturated heterocycles. The predicted octanol–water partition coefficient (Wildman–Crippen LogP) is 2.50. The van der Waals surface area contributed by atoms with Crippen molar-refractivity contribution in [2.45, 2.75) is 37.9 Å². The van der Waals surface area contributed by atoms with E-state index in [1.165, 1.54) is 0 Å². The molecule has 2 aliphatic rings. The summed E-state index contributed by atoms with van der Waals surface area (Å²) in [6.07, 6.45) is 0.0886. The molecule has 0 spiro atoms. The quantitative estimate of drug-likeness (QED) is 0.813. The van der Waals surface area contributed by atoms with Gasteiger partial charge in [-0.2, -0.15) is 0 Å². The topological polar surface area (TPSA) is 64.7 Å². The van der Waals surface area contributed by atoms with Gasteiger partial charge in [-0.05, 0) is 23.5 Å². The van der Waals surface area contributed by atoms with Gasteiger partial charge in [-0.1, -0.05) is 60.7 Å². The maximum Gasteiger partial charge on any atom is 0.0961 e. The molecule has 5 atom stereocenters. The van der Waals surface area contributed by atoms with Crippen LogP contribution in [0.3, 0.4) is 0 Å². The number of benzene rings is 2. The molecule has 3 N–H and O–H groups in total. The Morgan fingerprint density at radius 3 is 2.20 bits per heavy atom. The zero-order valence-electron chi connectivity index (χ0n) is 14.3. The minimum Gasteiger partial charge on any atom is -0.389 e. The fourth-order valence-electron chi connectivity index (χ4n) is 4.18. The molecule has 2 aromatic carbocycles. The van der Waals surface area contributed by atoms with Crippen molar-refractivity contribution in [3.63, 3.8) is 0 Å². The Morgan fingerprint density at radius 2 is 1.56 bits per heavy atom. The molecule has 4 rings (SSSR count). The van der Waals surface area contributed by atoms with E-state index in [1.807, 2.05) is 48.5 Å². The fourth-order valence-corrected chi connectivity index (χ4v) is 4.18. The monoisotopic (exact) mass is 339 g/mol. The van der Waals surface area contributed by atoms with Crippen LogP contribution in [0.4, 0.5) is 0 Å². The summed E-state index contributed by atoms with van der Waals surface area (Å²) in [4.78, 5) is 0. The van der Waals surface area contributed by atoms with E-state index in [4.69, 9.17) is 15.2 Å². The second kappa shape index (κ2) is 6.89. The molecule has 2 saturated carbocycles. The highest BCUT2D eigenvalue weighted by Crippen LogP contribution is 2.64. The average molecular weight is 339 g/mol. The van der Waals surface area contributed by atoms with Gasteiger partial charge in [0, 0.05) is 11.5 Å². The number of ether oxygens (including phenoxy) is 2. The third-order valence-electron chi connectivity index (χ3n) is 5.67. The van der Waals surface area contributed by atoms with E-state index in [1.54, 1.807) is 0 Å². The molecule has 2 aromatic rings. The van der Waals surface area contributed by atoms with Crippen LogP contribution in [-0.2, 0) is 22.7 Å². The minimum atomic E-state index is -0.622. The summed E-state index contributed by atoms with van der Waals surface area (Å²) in [6.45, 7) is 1.64. The second-order valence-electron chi connectivity index (χ2n) is 7.31. The molecule has 132 valence electrons. The third kappa shape index (κ3) is 3.23. The first-order chi connectivity index (χ1) is 12.2. The first-order valence-electron chi connectivity index (χ1n) is 8.91. The molecule has 25 heavy (non-hydrogen) atoms. The van der Waals surface area contributed by atoms with Crippen molar-refractivity contribution in [2.24, 2.45) is 17.1 Å². The molecule has 4 nitrogen and oxygen atoms in total. The van der Waals surface area contributed by atoms with Crippen LogP contribution in [0.25, 0.3) is 0 Å². The SMILES string of the molecule is N[C@H]1[C@H](O)[C@H](OCc2ccccc2)[C@]2(COCc3ccccc3)C[C@H]12. The number of rotatable bonds is 7. The van der Waals surface area contributed by atoms with Crippen molar-refractivity contribution in [1.29, 1.82) is 0 Å². The molecule has 0 amide bonds.